The Bertz CT molecular complexity index is 494. The zero-order valence-corrected chi connectivity index (χ0v) is 11.2. The number of piperidine rings is 1. The van der Waals surface area contributed by atoms with Crippen LogP contribution in [0.3, 0.4) is 0 Å². The molecule has 5 nitrogen and oxygen atoms in total. The lowest BCUT2D eigenvalue weighted by Gasteiger charge is -2.42. The van der Waals surface area contributed by atoms with Crippen molar-refractivity contribution in [1.29, 1.82) is 0 Å². The smallest absolute Gasteiger partial charge is 0.196 e. The Balaban J connectivity index is 1.97. The van der Waals surface area contributed by atoms with E-state index in [4.69, 9.17) is 10.5 Å². The van der Waals surface area contributed by atoms with Crippen LogP contribution < -0.4 is 20.7 Å². The molecule has 5 heteroatoms. The summed E-state index contributed by atoms with van der Waals surface area (Å²) in [5.41, 5.74) is 7.24. The van der Waals surface area contributed by atoms with Gasteiger partial charge in [0.25, 0.3) is 0 Å². The molecule has 3 N–H and O–H groups in total. The average molecular weight is 260 g/mol. The Labute approximate surface area is 113 Å². The molecule has 19 heavy (non-hydrogen) atoms. The fourth-order valence-corrected chi connectivity index (χ4v) is 3.04. The van der Waals surface area contributed by atoms with Crippen LogP contribution in [0.1, 0.15) is 12.8 Å². The number of nitrogens with one attached hydrogen (secondary N) is 1. The SMILES string of the molecule is COc1cccc(N2C(N)=NCC23CCNCC3)c1. The third-order valence-corrected chi connectivity index (χ3v) is 4.08. The first kappa shape index (κ1) is 12.3. The Morgan fingerprint density at radius 2 is 2.16 bits per heavy atom. The maximum Gasteiger partial charge on any atom is 0.196 e. The van der Waals surface area contributed by atoms with E-state index in [1.807, 2.05) is 18.2 Å². The van der Waals surface area contributed by atoms with Crippen LogP contribution in [0.5, 0.6) is 5.75 Å². The molecule has 0 amide bonds. The van der Waals surface area contributed by atoms with Gasteiger partial charge >= 0.3 is 0 Å². The Morgan fingerprint density at radius 1 is 1.37 bits per heavy atom. The fourth-order valence-electron chi connectivity index (χ4n) is 3.04. The number of hydrogen-bond acceptors (Lipinski definition) is 5. The summed E-state index contributed by atoms with van der Waals surface area (Å²) < 4.78 is 5.31. The Hall–Kier alpha value is -1.75. The third kappa shape index (κ3) is 2.04. The Kier molecular flexibility index (Phi) is 3.06. The van der Waals surface area contributed by atoms with E-state index >= 15 is 0 Å². The molecule has 0 atom stereocenters. The minimum absolute atomic E-state index is 0.0434. The highest BCUT2D eigenvalue weighted by molar-refractivity contribution is 5.98. The number of methoxy groups -OCH3 is 1. The zero-order valence-electron chi connectivity index (χ0n) is 11.2. The van der Waals surface area contributed by atoms with Crippen molar-refractivity contribution in [2.45, 2.75) is 18.4 Å². The second-order valence-electron chi connectivity index (χ2n) is 5.19. The molecule has 0 aromatic heterocycles. The van der Waals surface area contributed by atoms with Crippen molar-refractivity contribution >= 4 is 11.6 Å². The van der Waals surface area contributed by atoms with Gasteiger partial charge in [0.05, 0.1) is 19.2 Å². The van der Waals surface area contributed by atoms with Crippen molar-refractivity contribution in [3.8, 4) is 5.75 Å². The van der Waals surface area contributed by atoms with Crippen molar-refractivity contribution in [3.63, 3.8) is 0 Å². The van der Waals surface area contributed by atoms with Crippen LogP contribution in [0.2, 0.25) is 0 Å². The van der Waals surface area contributed by atoms with Gasteiger partial charge in [-0.25, -0.2) is 0 Å². The third-order valence-electron chi connectivity index (χ3n) is 4.08. The van der Waals surface area contributed by atoms with Crippen LogP contribution in [-0.4, -0.2) is 38.2 Å². The minimum atomic E-state index is 0.0434. The second kappa shape index (κ2) is 4.74. The lowest BCUT2D eigenvalue weighted by molar-refractivity contribution is 0.332. The number of ether oxygens (including phenoxy) is 1. The molecule has 1 spiro atoms. The molecule has 0 saturated carbocycles. The summed E-state index contributed by atoms with van der Waals surface area (Å²) in [5.74, 6) is 1.47. The summed E-state index contributed by atoms with van der Waals surface area (Å²) in [4.78, 5) is 6.67. The van der Waals surface area contributed by atoms with Gasteiger partial charge < -0.3 is 20.7 Å². The van der Waals surface area contributed by atoms with Gasteiger partial charge in [-0.2, -0.15) is 0 Å². The lowest BCUT2D eigenvalue weighted by Crippen LogP contribution is -2.57. The van der Waals surface area contributed by atoms with Crippen LogP contribution in [0.25, 0.3) is 0 Å². The van der Waals surface area contributed by atoms with Crippen LogP contribution in [0, 0.1) is 0 Å². The van der Waals surface area contributed by atoms with E-state index < -0.39 is 0 Å². The maximum atomic E-state index is 6.12. The molecule has 1 aromatic carbocycles. The molecule has 0 bridgehead atoms. The first-order valence-corrected chi connectivity index (χ1v) is 6.70. The topological polar surface area (TPSA) is 62.9 Å². The standard InChI is InChI=1S/C14H20N4O/c1-19-12-4-2-3-11(9-12)18-13(15)17-10-14(18)5-7-16-8-6-14/h2-4,9,16H,5-8,10H2,1H3,(H2,15,17). The average Bonchev–Trinajstić information content (AvgIpc) is 2.76. The van der Waals surface area contributed by atoms with Crippen LogP contribution in [-0.2, 0) is 0 Å². The molecule has 3 rings (SSSR count). The van der Waals surface area contributed by atoms with E-state index in [9.17, 15) is 0 Å². The second-order valence-corrected chi connectivity index (χ2v) is 5.19. The molecule has 1 aromatic rings. The first-order chi connectivity index (χ1) is 9.25. The van der Waals surface area contributed by atoms with Crippen molar-refractivity contribution in [1.82, 2.24) is 5.32 Å². The minimum Gasteiger partial charge on any atom is -0.497 e. The molecule has 1 fully saturated rings. The van der Waals surface area contributed by atoms with Gasteiger partial charge in [-0.3, -0.25) is 4.99 Å². The summed E-state index contributed by atoms with van der Waals surface area (Å²) >= 11 is 0. The van der Waals surface area contributed by atoms with Gasteiger partial charge in [-0.15, -0.1) is 0 Å². The summed E-state index contributed by atoms with van der Waals surface area (Å²) in [6.07, 6.45) is 2.13. The highest BCUT2D eigenvalue weighted by Gasteiger charge is 2.43. The van der Waals surface area contributed by atoms with Gasteiger partial charge in [0.1, 0.15) is 5.75 Å². The Morgan fingerprint density at radius 3 is 2.89 bits per heavy atom. The quantitative estimate of drug-likeness (QED) is 0.831. The van der Waals surface area contributed by atoms with Crippen LogP contribution >= 0.6 is 0 Å². The molecule has 0 radical (unpaired) electrons. The van der Waals surface area contributed by atoms with Crippen LogP contribution in [0.4, 0.5) is 5.69 Å². The predicted molar refractivity (Wildman–Crippen MR) is 76.8 cm³/mol. The van der Waals surface area contributed by atoms with Crippen molar-refractivity contribution in [2.75, 3.05) is 31.6 Å². The fraction of sp³-hybridized carbons (Fsp3) is 0.500. The van der Waals surface area contributed by atoms with E-state index in [1.165, 1.54) is 0 Å². The molecule has 2 aliphatic rings. The summed E-state index contributed by atoms with van der Waals surface area (Å²) in [5, 5.41) is 3.40. The normalized spacial score (nSPS) is 21.5. The number of rotatable bonds is 2. The predicted octanol–water partition coefficient (Wildman–Crippen LogP) is 0.952. The van der Waals surface area contributed by atoms with E-state index in [2.05, 4.69) is 21.3 Å². The number of hydrogen-bond donors (Lipinski definition) is 2. The molecular weight excluding hydrogens is 240 g/mol. The van der Waals surface area contributed by atoms with E-state index in [-0.39, 0.29) is 5.54 Å². The summed E-state index contributed by atoms with van der Waals surface area (Å²) in [6.45, 7) is 2.82. The maximum absolute atomic E-state index is 6.12. The van der Waals surface area contributed by atoms with E-state index in [1.54, 1.807) is 7.11 Å². The van der Waals surface area contributed by atoms with Crippen LogP contribution in [0.15, 0.2) is 29.3 Å². The summed E-state index contributed by atoms with van der Waals surface area (Å²) in [7, 11) is 1.68. The molecule has 0 unspecified atom stereocenters. The highest BCUT2D eigenvalue weighted by atomic mass is 16.5. The first-order valence-electron chi connectivity index (χ1n) is 6.70. The number of nitrogens with two attached hydrogens (primary N) is 1. The van der Waals surface area contributed by atoms with Crippen molar-refractivity contribution in [2.24, 2.45) is 10.7 Å². The number of aliphatic imine (C=N–C) groups is 1. The van der Waals surface area contributed by atoms with E-state index in [0.29, 0.717) is 5.96 Å². The molecule has 2 heterocycles. The molecular formula is C14H20N4O. The van der Waals surface area contributed by atoms with Gasteiger partial charge in [-0.05, 0) is 38.1 Å². The highest BCUT2D eigenvalue weighted by Crippen LogP contribution is 2.36. The van der Waals surface area contributed by atoms with Gasteiger partial charge in [0, 0.05) is 11.8 Å². The lowest BCUT2D eigenvalue weighted by atomic mass is 9.87. The van der Waals surface area contributed by atoms with Gasteiger partial charge in [-0.1, -0.05) is 6.07 Å². The van der Waals surface area contributed by atoms with Gasteiger partial charge in [0.2, 0.25) is 0 Å². The van der Waals surface area contributed by atoms with Gasteiger partial charge in [0.15, 0.2) is 5.96 Å². The molecule has 102 valence electrons. The van der Waals surface area contributed by atoms with Crippen molar-refractivity contribution < 1.29 is 4.74 Å². The number of anilines is 1. The van der Waals surface area contributed by atoms with Crippen molar-refractivity contribution in [3.05, 3.63) is 24.3 Å². The number of benzene rings is 1. The van der Waals surface area contributed by atoms with E-state index in [0.717, 1.165) is 43.9 Å². The largest absolute Gasteiger partial charge is 0.497 e. The molecule has 1 saturated heterocycles. The molecule has 2 aliphatic heterocycles. The number of nitrogens with zero attached hydrogens (tertiary/aromatic N) is 2. The monoisotopic (exact) mass is 260 g/mol. The number of guanidine groups is 1. The molecule has 0 aliphatic carbocycles. The zero-order chi connectivity index (χ0) is 13.3. The summed E-state index contributed by atoms with van der Waals surface area (Å²) in [6, 6.07) is 8.04.